The molecule has 0 N–H and O–H groups in total. The number of rotatable bonds is 7. The molecular weight excluding hydrogens is 376 g/mol. The molecule has 0 bridgehead atoms. The molecule has 1 fully saturated rings. The summed E-state index contributed by atoms with van der Waals surface area (Å²) in [6, 6.07) is 10.3. The van der Waals surface area contributed by atoms with Gasteiger partial charge in [-0.3, -0.25) is 14.9 Å². The average Bonchev–Trinajstić information content (AvgIpc) is 3.00. The maximum Gasteiger partial charge on any atom is 0.287 e. The van der Waals surface area contributed by atoms with E-state index in [4.69, 9.17) is 9.47 Å². The molecular formula is C20H24N4O5. The Bertz CT molecular complexity index is 826. The zero-order chi connectivity index (χ0) is 20.6. The number of pyridine rings is 1. The van der Waals surface area contributed by atoms with Crippen molar-refractivity contribution in [1.29, 1.82) is 0 Å². The third-order valence-corrected chi connectivity index (χ3v) is 4.61. The van der Waals surface area contributed by atoms with Crippen molar-refractivity contribution in [2.45, 2.75) is 13.3 Å². The molecule has 3 rings (SSSR count). The molecule has 2 heterocycles. The molecule has 1 saturated heterocycles. The second-order valence-corrected chi connectivity index (χ2v) is 6.55. The van der Waals surface area contributed by atoms with E-state index in [-0.39, 0.29) is 18.2 Å². The van der Waals surface area contributed by atoms with Crippen molar-refractivity contribution >= 4 is 17.4 Å². The van der Waals surface area contributed by atoms with E-state index in [1.165, 1.54) is 12.3 Å². The number of ether oxygens (including phenoxy) is 2. The molecule has 0 aliphatic carbocycles. The molecule has 154 valence electrons. The summed E-state index contributed by atoms with van der Waals surface area (Å²) in [5.41, 5.74) is -0.0354. The van der Waals surface area contributed by atoms with E-state index in [2.05, 4.69) is 4.98 Å². The van der Waals surface area contributed by atoms with Gasteiger partial charge in [0.25, 0.3) is 11.6 Å². The van der Waals surface area contributed by atoms with Gasteiger partial charge in [-0.2, -0.15) is 0 Å². The first-order valence-electron chi connectivity index (χ1n) is 9.55. The van der Waals surface area contributed by atoms with Crippen LogP contribution < -0.4 is 14.4 Å². The Morgan fingerprint density at radius 3 is 2.41 bits per heavy atom. The number of amides is 1. The first kappa shape index (κ1) is 20.4. The van der Waals surface area contributed by atoms with Crippen molar-refractivity contribution in [3.8, 4) is 11.5 Å². The van der Waals surface area contributed by atoms with E-state index in [1.807, 2.05) is 24.0 Å². The summed E-state index contributed by atoms with van der Waals surface area (Å²) in [4.78, 5) is 30.8. The molecule has 0 radical (unpaired) electrons. The Hall–Kier alpha value is -3.36. The van der Waals surface area contributed by atoms with Crippen LogP contribution in [0, 0.1) is 10.1 Å². The Morgan fingerprint density at radius 2 is 1.79 bits per heavy atom. The molecule has 1 aromatic heterocycles. The van der Waals surface area contributed by atoms with Gasteiger partial charge in [-0.05, 0) is 43.7 Å². The molecule has 0 spiro atoms. The summed E-state index contributed by atoms with van der Waals surface area (Å²) in [5, 5.41) is 10.8. The maximum absolute atomic E-state index is 12.5. The molecule has 1 aromatic carbocycles. The fourth-order valence-corrected chi connectivity index (χ4v) is 3.10. The van der Waals surface area contributed by atoms with Gasteiger partial charge in [0, 0.05) is 32.2 Å². The smallest absolute Gasteiger partial charge is 0.287 e. The van der Waals surface area contributed by atoms with Crippen LogP contribution in [0.2, 0.25) is 0 Å². The van der Waals surface area contributed by atoms with Gasteiger partial charge in [0.1, 0.15) is 23.5 Å². The summed E-state index contributed by atoms with van der Waals surface area (Å²) in [7, 11) is 0. The first-order valence-corrected chi connectivity index (χ1v) is 9.55. The Balaban J connectivity index is 1.50. The Labute approximate surface area is 169 Å². The van der Waals surface area contributed by atoms with Gasteiger partial charge < -0.3 is 19.3 Å². The molecule has 0 unspecified atom stereocenters. The second-order valence-electron chi connectivity index (χ2n) is 6.55. The quantitative estimate of drug-likeness (QED) is 0.520. The van der Waals surface area contributed by atoms with Crippen LogP contribution in [0.3, 0.4) is 0 Å². The minimum Gasteiger partial charge on any atom is -0.494 e. The summed E-state index contributed by atoms with van der Waals surface area (Å²) in [6.45, 7) is 5.01. The highest BCUT2D eigenvalue weighted by molar-refractivity contribution is 5.78. The van der Waals surface area contributed by atoms with Gasteiger partial charge in [0.15, 0.2) is 6.61 Å². The topological polar surface area (TPSA) is 98.0 Å². The average molecular weight is 400 g/mol. The predicted molar refractivity (Wildman–Crippen MR) is 107 cm³/mol. The molecule has 9 heteroatoms. The molecule has 29 heavy (non-hydrogen) atoms. The lowest BCUT2D eigenvalue weighted by atomic mass is 10.3. The number of hydrogen-bond donors (Lipinski definition) is 0. The number of nitro groups is 1. The molecule has 1 aliphatic rings. The highest BCUT2D eigenvalue weighted by Crippen LogP contribution is 2.19. The van der Waals surface area contributed by atoms with Crippen LogP contribution in [0.1, 0.15) is 13.3 Å². The van der Waals surface area contributed by atoms with Crippen LogP contribution in [0.15, 0.2) is 42.6 Å². The lowest BCUT2D eigenvalue weighted by Gasteiger charge is -2.22. The molecule has 1 aliphatic heterocycles. The van der Waals surface area contributed by atoms with E-state index >= 15 is 0 Å². The number of anilines is 1. The fraction of sp³-hybridized carbons (Fsp3) is 0.400. The number of aromatic nitrogens is 1. The lowest BCUT2D eigenvalue weighted by Crippen LogP contribution is -2.38. The zero-order valence-electron chi connectivity index (χ0n) is 16.3. The minimum atomic E-state index is -0.468. The Morgan fingerprint density at radius 1 is 1.07 bits per heavy atom. The highest BCUT2D eigenvalue weighted by atomic mass is 16.6. The van der Waals surface area contributed by atoms with E-state index in [0.717, 1.165) is 18.7 Å². The van der Waals surface area contributed by atoms with Gasteiger partial charge >= 0.3 is 0 Å². The van der Waals surface area contributed by atoms with Gasteiger partial charge in [-0.25, -0.2) is 4.98 Å². The third-order valence-electron chi connectivity index (χ3n) is 4.61. The standard InChI is InChI=1S/C20H24N4O5/c1-2-28-17-5-7-18(8-6-17)29-15-20(25)23-11-3-10-22(12-13-23)19-9-4-16(14-21-19)24(26)27/h4-9,14H,2-3,10-13,15H2,1H3. The van der Waals surface area contributed by atoms with Crippen molar-refractivity contribution in [1.82, 2.24) is 9.88 Å². The van der Waals surface area contributed by atoms with Gasteiger partial charge in [-0.1, -0.05) is 0 Å². The van der Waals surface area contributed by atoms with Crippen LogP contribution >= 0.6 is 0 Å². The van der Waals surface area contributed by atoms with Gasteiger partial charge in [-0.15, -0.1) is 0 Å². The normalized spacial score (nSPS) is 14.2. The zero-order valence-corrected chi connectivity index (χ0v) is 16.3. The lowest BCUT2D eigenvalue weighted by molar-refractivity contribution is -0.385. The minimum absolute atomic E-state index is 0.0240. The van der Waals surface area contributed by atoms with Crippen molar-refractivity contribution in [3.05, 3.63) is 52.7 Å². The first-order chi connectivity index (χ1) is 14.1. The van der Waals surface area contributed by atoms with E-state index < -0.39 is 4.92 Å². The molecule has 0 atom stereocenters. The molecule has 2 aromatic rings. The summed E-state index contributed by atoms with van der Waals surface area (Å²) >= 11 is 0. The number of hydrogen-bond acceptors (Lipinski definition) is 7. The largest absolute Gasteiger partial charge is 0.494 e. The summed E-state index contributed by atoms with van der Waals surface area (Å²) in [6.07, 6.45) is 2.04. The van der Waals surface area contributed by atoms with Crippen LogP contribution in [-0.4, -0.2) is 60.1 Å². The third kappa shape index (κ3) is 5.56. The van der Waals surface area contributed by atoms with Crippen LogP contribution in [-0.2, 0) is 4.79 Å². The number of carbonyl (C=O) groups is 1. The predicted octanol–water partition coefficient (Wildman–Crippen LogP) is 2.51. The van der Waals surface area contributed by atoms with E-state index in [0.29, 0.717) is 37.8 Å². The van der Waals surface area contributed by atoms with Crippen molar-refractivity contribution < 1.29 is 19.2 Å². The van der Waals surface area contributed by atoms with Crippen LogP contribution in [0.5, 0.6) is 11.5 Å². The van der Waals surface area contributed by atoms with Crippen molar-refractivity contribution in [2.75, 3.05) is 44.3 Å². The van der Waals surface area contributed by atoms with E-state index in [9.17, 15) is 14.9 Å². The second kappa shape index (κ2) is 9.72. The SMILES string of the molecule is CCOc1ccc(OCC(=O)N2CCCN(c3ccc([N+](=O)[O-])cn3)CC2)cc1. The van der Waals surface area contributed by atoms with Gasteiger partial charge in [0.05, 0.1) is 11.5 Å². The number of nitrogens with zero attached hydrogens (tertiary/aromatic N) is 4. The summed E-state index contributed by atoms with van der Waals surface area (Å²) in [5.74, 6) is 1.99. The number of benzene rings is 1. The van der Waals surface area contributed by atoms with Crippen molar-refractivity contribution in [3.63, 3.8) is 0 Å². The number of carbonyl (C=O) groups excluding carboxylic acids is 1. The van der Waals surface area contributed by atoms with Crippen molar-refractivity contribution in [2.24, 2.45) is 0 Å². The molecule has 9 nitrogen and oxygen atoms in total. The fourth-order valence-electron chi connectivity index (χ4n) is 3.10. The monoisotopic (exact) mass is 400 g/mol. The Kier molecular flexibility index (Phi) is 6.83. The maximum atomic E-state index is 12.5. The van der Waals surface area contributed by atoms with Crippen LogP contribution in [0.4, 0.5) is 11.5 Å². The van der Waals surface area contributed by atoms with E-state index in [1.54, 1.807) is 23.1 Å². The van der Waals surface area contributed by atoms with Gasteiger partial charge in [0.2, 0.25) is 0 Å². The van der Waals surface area contributed by atoms with Crippen LogP contribution in [0.25, 0.3) is 0 Å². The molecule has 0 saturated carbocycles. The summed E-state index contributed by atoms with van der Waals surface area (Å²) < 4.78 is 11.0. The highest BCUT2D eigenvalue weighted by Gasteiger charge is 2.20. The molecule has 1 amide bonds.